The Hall–Kier alpha value is 0.579. The number of carboxylic acid groups (broad SMARTS) is 1. The molecule has 1 radical (unpaired) electrons. The number of carboxylic acids is 1. The fraction of sp³-hybridized carbons (Fsp3) is 0.900. The molecule has 0 aromatic carbocycles. The summed E-state index contributed by atoms with van der Waals surface area (Å²) in [5.74, 6) is -1.12. The van der Waals surface area contributed by atoms with E-state index in [9.17, 15) is 4.79 Å². The van der Waals surface area contributed by atoms with Gasteiger partial charge in [0.05, 0.1) is 0 Å². The van der Waals surface area contributed by atoms with E-state index in [1.54, 1.807) is 0 Å². The molecule has 1 aliphatic rings. The van der Waals surface area contributed by atoms with Crippen LogP contribution >= 0.6 is 11.8 Å². The molecule has 0 aliphatic heterocycles. The van der Waals surface area contributed by atoms with Crippen LogP contribution in [0.15, 0.2) is 0 Å². The maximum absolute atomic E-state index is 10.2. The third-order valence-electron chi connectivity index (χ3n) is 1.83. The van der Waals surface area contributed by atoms with E-state index in [2.05, 4.69) is 14.8 Å². The number of hydrogen-bond acceptors (Lipinski definition) is 3. The first kappa shape index (κ1) is 15.6. The molecule has 0 heterocycles. The second kappa shape index (κ2) is 8.70. The van der Waals surface area contributed by atoms with Gasteiger partial charge in [-0.15, -0.1) is 11.8 Å². The van der Waals surface area contributed by atoms with E-state index in [4.69, 9.17) is 10.2 Å². The molecule has 89 valence electrons. The first-order chi connectivity index (χ1) is 6.93. The zero-order valence-corrected chi connectivity index (χ0v) is 13.4. The second-order valence-corrected chi connectivity index (χ2v) is 14.2. The van der Waals surface area contributed by atoms with Gasteiger partial charge in [-0.3, -0.25) is 0 Å². The molecule has 1 rings (SSSR count). The minimum atomic E-state index is -1.22. The SMILES string of the molecule is O=C(O)C(O)SC1CCCC1.[CH3][Sn]([CH3])[CH3]. The molecule has 2 N–H and O–H groups in total. The van der Waals surface area contributed by atoms with Crippen molar-refractivity contribution in [3.8, 4) is 0 Å². The Labute approximate surface area is 103 Å². The first-order valence-electron chi connectivity index (χ1n) is 5.26. The van der Waals surface area contributed by atoms with Crippen LogP contribution in [0.3, 0.4) is 0 Å². The predicted octanol–water partition coefficient (Wildman–Crippen LogP) is 2.44. The molecule has 1 unspecified atom stereocenters. The van der Waals surface area contributed by atoms with Gasteiger partial charge in [0.15, 0.2) is 5.44 Å². The number of aliphatic hydroxyl groups excluding tert-OH is 1. The van der Waals surface area contributed by atoms with Crippen molar-refractivity contribution in [3.63, 3.8) is 0 Å². The number of aliphatic carboxylic acids is 1. The second-order valence-electron chi connectivity index (χ2n) is 4.23. The van der Waals surface area contributed by atoms with Crippen molar-refractivity contribution in [2.24, 2.45) is 0 Å². The third kappa shape index (κ3) is 9.50. The Bertz CT molecular complexity index is 179. The molecule has 1 atom stereocenters. The van der Waals surface area contributed by atoms with Gasteiger partial charge in [-0.25, -0.2) is 4.79 Å². The van der Waals surface area contributed by atoms with Gasteiger partial charge in [0.1, 0.15) is 0 Å². The van der Waals surface area contributed by atoms with Crippen molar-refractivity contribution >= 4 is 37.5 Å². The van der Waals surface area contributed by atoms with Gasteiger partial charge >= 0.3 is 40.5 Å². The Morgan fingerprint density at radius 1 is 1.33 bits per heavy atom. The summed E-state index contributed by atoms with van der Waals surface area (Å²) in [5.41, 5.74) is -1.22. The zero-order valence-electron chi connectivity index (χ0n) is 9.69. The summed E-state index contributed by atoms with van der Waals surface area (Å²) in [6.07, 6.45) is 4.44. The predicted molar refractivity (Wildman–Crippen MR) is 66.8 cm³/mol. The molecular formula is C10H21O3SSn. The van der Waals surface area contributed by atoms with Crippen LogP contribution < -0.4 is 0 Å². The summed E-state index contributed by atoms with van der Waals surface area (Å²) >= 11 is 0.628. The van der Waals surface area contributed by atoms with Crippen LogP contribution in [-0.4, -0.2) is 46.6 Å². The normalized spacial score (nSPS) is 18.5. The standard InChI is InChI=1S/C7H12O3S.3CH3.Sn/c8-6(9)7(10)11-5-3-1-2-4-5;;;;/h5,7,10H,1-4H2,(H,8,9);3*1H3;. The van der Waals surface area contributed by atoms with Crippen molar-refractivity contribution < 1.29 is 15.0 Å². The van der Waals surface area contributed by atoms with Crippen LogP contribution in [0.2, 0.25) is 14.8 Å². The summed E-state index contributed by atoms with van der Waals surface area (Å²) in [6, 6.07) is 0. The van der Waals surface area contributed by atoms with Crippen LogP contribution in [-0.2, 0) is 4.79 Å². The number of carbonyl (C=O) groups is 1. The quantitative estimate of drug-likeness (QED) is 0.612. The average molecular weight is 340 g/mol. The van der Waals surface area contributed by atoms with Crippen molar-refractivity contribution in [1.29, 1.82) is 0 Å². The van der Waals surface area contributed by atoms with E-state index in [1.165, 1.54) is 24.6 Å². The van der Waals surface area contributed by atoms with E-state index in [0.717, 1.165) is 12.8 Å². The Morgan fingerprint density at radius 3 is 2.07 bits per heavy atom. The van der Waals surface area contributed by atoms with Gasteiger partial charge < -0.3 is 10.2 Å². The number of rotatable bonds is 3. The zero-order chi connectivity index (χ0) is 11.8. The van der Waals surface area contributed by atoms with E-state index >= 15 is 0 Å². The molecule has 0 amide bonds. The molecule has 3 nitrogen and oxygen atoms in total. The molecule has 0 spiro atoms. The summed E-state index contributed by atoms with van der Waals surface area (Å²) in [4.78, 5) is 17.3. The Kier molecular flexibility index (Phi) is 9.03. The number of hydrogen-bond donors (Lipinski definition) is 2. The molecule has 1 saturated carbocycles. The van der Waals surface area contributed by atoms with E-state index < -0.39 is 31.2 Å². The molecule has 15 heavy (non-hydrogen) atoms. The van der Waals surface area contributed by atoms with Crippen molar-refractivity contribution in [2.75, 3.05) is 0 Å². The van der Waals surface area contributed by atoms with Gasteiger partial charge in [-0.2, -0.15) is 0 Å². The Morgan fingerprint density at radius 2 is 1.73 bits per heavy atom. The molecule has 0 aromatic heterocycles. The van der Waals surface area contributed by atoms with Crippen molar-refractivity contribution in [1.82, 2.24) is 0 Å². The van der Waals surface area contributed by atoms with Gasteiger partial charge in [-0.1, -0.05) is 12.8 Å². The maximum atomic E-state index is 10.2. The van der Waals surface area contributed by atoms with Crippen molar-refractivity contribution in [2.45, 2.75) is 51.2 Å². The van der Waals surface area contributed by atoms with Crippen LogP contribution in [0.5, 0.6) is 0 Å². The van der Waals surface area contributed by atoms with E-state index in [0.29, 0.717) is 5.25 Å². The van der Waals surface area contributed by atoms with Gasteiger partial charge in [0, 0.05) is 5.25 Å². The summed E-state index contributed by atoms with van der Waals surface area (Å²) in [6.45, 7) is 0. The van der Waals surface area contributed by atoms with Gasteiger partial charge in [0.25, 0.3) is 0 Å². The monoisotopic (exact) mass is 341 g/mol. The topological polar surface area (TPSA) is 57.5 Å². The van der Waals surface area contributed by atoms with E-state index in [1.807, 2.05) is 0 Å². The fourth-order valence-electron chi connectivity index (χ4n) is 1.26. The summed E-state index contributed by atoms with van der Waals surface area (Å²) in [5, 5.41) is 17.7. The van der Waals surface area contributed by atoms with Crippen LogP contribution in [0.1, 0.15) is 25.7 Å². The first-order valence-corrected chi connectivity index (χ1v) is 14.8. The summed E-state index contributed by atoms with van der Waals surface area (Å²) < 4.78 is 0. The van der Waals surface area contributed by atoms with E-state index in [-0.39, 0.29) is 0 Å². The minimum absolute atomic E-state index is 0.362. The third-order valence-corrected chi connectivity index (χ3v) is 3.15. The summed E-state index contributed by atoms with van der Waals surface area (Å²) in [7, 11) is 0. The molecule has 1 fully saturated rings. The molecule has 0 saturated heterocycles. The fourth-order valence-corrected chi connectivity index (χ4v) is 2.35. The number of aliphatic hydroxyl groups is 1. The molecule has 0 bridgehead atoms. The molecule has 1 aliphatic carbocycles. The number of thioether (sulfide) groups is 1. The molecular weight excluding hydrogens is 319 g/mol. The van der Waals surface area contributed by atoms with Crippen molar-refractivity contribution in [3.05, 3.63) is 0 Å². The Balaban J connectivity index is 0.000000423. The van der Waals surface area contributed by atoms with Crippen LogP contribution in [0.25, 0.3) is 0 Å². The molecule has 0 aromatic rings. The van der Waals surface area contributed by atoms with Crippen LogP contribution in [0.4, 0.5) is 0 Å². The molecule has 5 heteroatoms. The average Bonchev–Trinajstić information content (AvgIpc) is 2.55. The van der Waals surface area contributed by atoms with Crippen LogP contribution in [0, 0.1) is 0 Å². The van der Waals surface area contributed by atoms with Gasteiger partial charge in [-0.05, 0) is 12.8 Å². The van der Waals surface area contributed by atoms with Gasteiger partial charge in [0.2, 0.25) is 0 Å².